The van der Waals surface area contributed by atoms with E-state index in [0.29, 0.717) is 24.1 Å². The van der Waals surface area contributed by atoms with Crippen LogP contribution in [-0.2, 0) is 6.54 Å². The number of carbonyl (C=O) groups excluding carboxylic acids is 1. The average molecular weight is 354 g/mol. The number of hydrogen-bond acceptors (Lipinski definition) is 5. The smallest absolute Gasteiger partial charge is 0.275 e. The second-order valence-electron chi connectivity index (χ2n) is 5.80. The molecule has 3 aromatic rings. The summed E-state index contributed by atoms with van der Waals surface area (Å²) in [6.45, 7) is 2.89. The van der Waals surface area contributed by atoms with Crippen LogP contribution in [0.2, 0.25) is 0 Å². The topological polar surface area (TPSA) is 101 Å². The second kappa shape index (κ2) is 7.22. The van der Waals surface area contributed by atoms with Gasteiger partial charge in [-0.2, -0.15) is 5.10 Å². The number of hydrogen-bond donors (Lipinski definition) is 1. The van der Waals surface area contributed by atoms with Crippen molar-refractivity contribution in [1.82, 2.24) is 15.1 Å². The quantitative estimate of drug-likeness (QED) is 0.541. The molecule has 0 aliphatic rings. The molecular formula is C18H18N4O4. The lowest BCUT2D eigenvalue weighted by atomic mass is 10.1. The monoisotopic (exact) mass is 354 g/mol. The molecule has 8 heteroatoms. The van der Waals surface area contributed by atoms with Gasteiger partial charge >= 0.3 is 0 Å². The van der Waals surface area contributed by atoms with Gasteiger partial charge in [-0.1, -0.05) is 12.1 Å². The zero-order valence-corrected chi connectivity index (χ0v) is 14.4. The van der Waals surface area contributed by atoms with Crippen LogP contribution in [0.5, 0.6) is 5.75 Å². The van der Waals surface area contributed by atoms with Crippen LogP contribution < -0.4 is 4.74 Å². The fourth-order valence-electron chi connectivity index (χ4n) is 2.66. The third kappa shape index (κ3) is 3.49. The lowest BCUT2D eigenvalue weighted by molar-refractivity contribution is -0.384. The Bertz CT molecular complexity index is 949. The van der Waals surface area contributed by atoms with Crippen molar-refractivity contribution in [3.8, 4) is 5.75 Å². The molecule has 3 rings (SSSR count). The highest BCUT2D eigenvalue weighted by Crippen LogP contribution is 2.23. The molecule has 26 heavy (non-hydrogen) atoms. The van der Waals surface area contributed by atoms with Gasteiger partial charge in [-0.05, 0) is 30.7 Å². The van der Waals surface area contributed by atoms with E-state index < -0.39 is 4.92 Å². The van der Waals surface area contributed by atoms with E-state index in [2.05, 4.69) is 10.2 Å². The van der Waals surface area contributed by atoms with Crippen molar-refractivity contribution >= 4 is 22.5 Å². The standard InChI is InChI=1S/C18H18N4O4/c1-3-26-14-7-4-12(5-8-14)11-21(2)18(23)17-15-10-13(22(24)25)6-9-16(15)19-20-17/h4-10H,3,11H2,1-2H3,(H,19,20). The van der Waals surface area contributed by atoms with Gasteiger partial charge < -0.3 is 9.64 Å². The van der Waals surface area contributed by atoms with Crippen molar-refractivity contribution < 1.29 is 14.5 Å². The van der Waals surface area contributed by atoms with Gasteiger partial charge in [0, 0.05) is 31.1 Å². The molecule has 0 saturated carbocycles. The largest absolute Gasteiger partial charge is 0.494 e. The molecule has 0 spiro atoms. The van der Waals surface area contributed by atoms with Gasteiger partial charge in [0.1, 0.15) is 5.75 Å². The molecule has 0 saturated heterocycles. The Labute approximate surface area is 149 Å². The summed E-state index contributed by atoms with van der Waals surface area (Å²) in [6, 6.07) is 11.8. The maximum atomic E-state index is 12.7. The number of nitro groups is 1. The van der Waals surface area contributed by atoms with E-state index >= 15 is 0 Å². The second-order valence-corrected chi connectivity index (χ2v) is 5.80. The van der Waals surface area contributed by atoms with Crippen LogP contribution in [0.3, 0.4) is 0 Å². The Hall–Kier alpha value is -3.42. The van der Waals surface area contributed by atoms with Gasteiger partial charge in [-0.25, -0.2) is 0 Å². The number of ether oxygens (including phenoxy) is 1. The van der Waals surface area contributed by atoms with E-state index in [4.69, 9.17) is 4.74 Å². The molecule has 0 atom stereocenters. The number of nitrogens with one attached hydrogen (secondary N) is 1. The molecule has 134 valence electrons. The van der Waals surface area contributed by atoms with Gasteiger partial charge in [0.15, 0.2) is 5.69 Å². The third-order valence-corrected chi connectivity index (χ3v) is 3.96. The van der Waals surface area contributed by atoms with Crippen molar-refractivity contribution in [2.45, 2.75) is 13.5 Å². The van der Waals surface area contributed by atoms with Gasteiger partial charge in [-0.15, -0.1) is 0 Å². The number of nitrogens with zero attached hydrogens (tertiary/aromatic N) is 3. The van der Waals surface area contributed by atoms with E-state index in [9.17, 15) is 14.9 Å². The summed E-state index contributed by atoms with van der Waals surface area (Å²) in [5.74, 6) is 0.460. The molecule has 1 N–H and O–H groups in total. The van der Waals surface area contributed by atoms with Crippen LogP contribution in [0.25, 0.3) is 10.9 Å². The van der Waals surface area contributed by atoms with Crippen LogP contribution in [-0.4, -0.2) is 39.6 Å². The Balaban J connectivity index is 1.80. The van der Waals surface area contributed by atoms with Gasteiger partial charge in [0.2, 0.25) is 0 Å². The lowest BCUT2D eigenvalue weighted by Gasteiger charge is -2.16. The first-order valence-electron chi connectivity index (χ1n) is 8.09. The summed E-state index contributed by atoms with van der Waals surface area (Å²) < 4.78 is 5.40. The number of amides is 1. The summed E-state index contributed by atoms with van der Waals surface area (Å²) in [7, 11) is 1.66. The number of rotatable bonds is 6. The van der Waals surface area contributed by atoms with Gasteiger partial charge in [0.05, 0.1) is 17.0 Å². The molecule has 0 fully saturated rings. The summed E-state index contributed by atoms with van der Waals surface area (Å²) in [6.07, 6.45) is 0. The Morgan fingerprint density at radius 1 is 1.27 bits per heavy atom. The molecule has 2 aromatic carbocycles. The van der Waals surface area contributed by atoms with Crippen molar-refractivity contribution in [3.63, 3.8) is 0 Å². The Morgan fingerprint density at radius 3 is 2.65 bits per heavy atom. The fraction of sp³-hybridized carbons (Fsp3) is 0.222. The Kier molecular flexibility index (Phi) is 4.83. The molecule has 0 aliphatic heterocycles. The van der Waals surface area contributed by atoms with Gasteiger partial charge in [0.25, 0.3) is 11.6 Å². The average Bonchev–Trinajstić information content (AvgIpc) is 3.06. The molecule has 0 unspecified atom stereocenters. The normalized spacial score (nSPS) is 10.7. The number of nitro benzene ring substituents is 1. The van der Waals surface area contributed by atoms with Crippen LogP contribution in [0.15, 0.2) is 42.5 Å². The molecule has 0 radical (unpaired) electrons. The summed E-state index contributed by atoms with van der Waals surface area (Å²) >= 11 is 0. The maximum Gasteiger partial charge on any atom is 0.275 e. The first kappa shape index (κ1) is 17.4. The molecule has 0 bridgehead atoms. The fourth-order valence-corrected chi connectivity index (χ4v) is 2.66. The van der Waals surface area contributed by atoms with E-state index in [1.807, 2.05) is 31.2 Å². The minimum atomic E-state index is -0.496. The highest BCUT2D eigenvalue weighted by atomic mass is 16.6. The zero-order chi connectivity index (χ0) is 18.7. The first-order chi connectivity index (χ1) is 12.5. The molecule has 1 heterocycles. The SMILES string of the molecule is CCOc1ccc(CN(C)C(=O)c2n[nH]c3ccc([N+](=O)[O-])cc23)cc1. The Morgan fingerprint density at radius 2 is 2.00 bits per heavy atom. The molecule has 0 aliphatic carbocycles. The number of fused-ring (bicyclic) bond motifs is 1. The highest BCUT2D eigenvalue weighted by molar-refractivity contribution is 6.05. The predicted molar refractivity (Wildman–Crippen MR) is 96.2 cm³/mol. The molecular weight excluding hydrogens is 336 g/mol. The highest BCUT2D eigenvalue weighted by Gasteiger charge is 2.20. The van der Waals surface area contributed by atoms with Crippen molar-refractivity contribution in [1.29, 1.82) is 0 Å². The third-order valence-electron chi connectivity index (χ3n) is 3.96. The van der Waals surface area contributed by atoms with Crippen molar-refractivity contribution in [2.75, 3.05) is 13.7 Å². The summed E-state index contributed by atoms with van der Waals surface area (Å²) in [4.78, 5) is 24.7. The first-order valence-corrected chi connectivity index (χ1v) is 8.09. The number of aromatic amines is 1. The van der Waals surface area contributed by atoms with Crippen molar-refractivity contribution in [2.24, 2.45) is 0 Å². The summed E-state index contributed by atoms with van der Waals surface area (Å²) in [5.41, 5.74) is 1.60. The number of carbonyl (C=O) groups is 1. The number of H-pyrrole nitrogens is 1. The molecule has 1 amide bonds. The van der Waals surface area contributed by atoms with E-state index in [-0.39, 0.29) is 17.3 Å². The van der Waals surface area contributed by atoms with Crippen LogP contribution in [0.4, 0.5) is 5.69 Å². The van der Waals surface area contributed by atoms with Gasteiger partial charge in [-0.3, -0.25) is 20.0 Å². The number of non-ortho nitro benzene ring substituents is 1. The maximum absolute atomic E-state index is 12.7. The molecule has 1 aromatic heterocycles. The van der Waals surface area contributed by atoms with E-state index in [1.165, 1.54) is 17.0 Å². The number of benzene rings is 2. The minimum Gasteiger partial charge on any atom is -0.494 e. The minimum absolute atomic E-state index is 0.0814. The van der Waals surface area contributed by atoms with Crippen molar-refractivity contribution in [3.05, 3.63) is 63.8 Å². The van der Waals surface area contributed by atoms with Crippen LogP contribution in [0.1, 0.15) is 23.0 Å². The predicted octanol–water partition coefficient (Wildman–Crippen LogP) is 3.14. The number of aromatic nitrogens is 2. The van der Waals surface area contributed by atoms with E-state index in [0.717, 1.165) is 11.3 Å². The van der Waals surface area contributed by atoms with Crippen LogP contribution >= 0.6 is 0 Å². The lowest BCUT2D eigenvalue weighted by Crippen LogP contribution is -2.26. The zero-order valence-electron chi connectivity index (χ0n) is 14.4. The molecule has 8 nitrogen and oxygen atoms in total. The van der Waals surface area contributed by atoms with E-state index in [1.54, 1.807) is 13.1 Å². The van der Waals surface area contributed by atoms with Crippen LogP contribution in [0, 0.1) is 10.1 Å². The summed E-state index contributed by atoms with van der Waals surface area (Å²) in [5, 5.41) is 18.2.